The Balaban J connectivity index is 1.08. The molecule has 0 unspecified atom stereocenters. The van der Waals surface area contributed by atoms with Gasteiger partial charge in [-0.05, 0) is 59.7 Å². The monoisotopic (exact) mass is 668 g/mol. The third-order valence-corrected chi connectivity index (χ3v) is 8.87. The van der Waals surface area contributed by atoms with Crippen LogP contribution >= 0.6 is 11.3 Å². The van der Waals surface area contributed by atoms with Crippen LogP contribution in [-0.4, -0.2) is 44.0 Å². The Bertz CT molecular complexity index is 2290. The summed E-state index contributed by atoms with van der Waals surface area (Å²) in [7, 11) is 1.64. The molecule has 0 saturated carbocycles. The highest BCUT2D eigenvalue weighted by Crippen LogP contribution is 2.26. The molecule has 0 saturated heterocycles. The molecule has 3 aromatic heterocycles. The molecule has 0 aliphatic rings. The van der Waals surface area contributed by atoms with Gasteiger partial charge in [-0.3, -0.25) is 18.8 Å². The molecule has 0 radical (unpaired) electrons. The van der Waals surface area contributed by atoms with Crippen molar-refractivity contribution >= 4 is 50.7 Å². The second kappa shape index (κ2) is 13.5. The van der Waals surface area contributed by atoms with Crippen molar-refractivity contribution in [3.63, 3.8) is 0 Å². The van der Waals surface area contributed by atoms with Crippen molar-refractivity contribution in [3.8, 4) is 11.3 Å². The zero-order chi connectivity index (χ0) is 33.9. The fourth-order valence-corrected chi connectivity index (χ4v) is 6.29. The Kier molecular flexibility index (Phi) is 8.65. The first-order chi connectivity index (χ1) is 23.8. The van der Waals surface area contributed by atoms with Crippen LogP contribution in [0.5, 0.6) is 0 Å². The first-order valence-corrected chi connectivity index (χ1v) is 16.3. The minimum Gasteiger partial charge on any atom is -0.339 e. The molecule has 7 aromatic rings. The van der Waals surface area contributed by atoms with E-state index in [0.717, 1.165) is 10.5 Å². The van der Waals surface area contributed by atoms with E-state index in [9.17, 15) is 18.8 Å². The van der Waals surface area contributed by atoms with Gasteiger partial charge in [0.15, 0.2) is 4.96 Å². The third kappa shape index (κ3) is 6.78. The number of pyridine rings is 1. The van der Waals surface area contributed by atoms with Gasteiger partial charge in [0, 0.05) is 53.4 Å². The molecule has 1 atom stereocenters. The summed E-state index contributed by atoms with van der Waals surface area (Å²) in [5.74, 6) is -1.08. The van der Waals surface area contributed by atoms with Crippen LogP contribution in [0.3, 0.4) is 0 Å². The molecule has 49 heavy (non-hydrogen) atoms. The summed E-state index contributed by atoms with van der Waals surface area (Å²) in [6.45, 7) is 0.243. The highest BCUT2D eigenvalue weighted by molar-refractivity contribution is 7.15. The number of nitrogens with one attached hydrogen (secondary N) is 2. The summed E-state index contributed by atoms with van der Waals surface area (Å²) < 4.78 is 15.3. The Morgan fingerprint density at radius 3 is 2.45 bits per heavy atom. The minimum atomic E-state index is -0.952. The van der Waals surface area contributed by atoms with E-state index in [1.165, 1.54) is 28.4 Å². The number of amides is 3. The number of benzene rings is 4. The molecular formula is C38H29FN6O3S. The van der Waals surface area contributed by atoms with E-state index in [0.29, 0.717) is 44.7 Å². The largest absolute Gasteiger partial charge is 0.339 e. The summed E-state index contributed by atoms with van der Waals surface area (Å²) in [4.78, 5) is 52.2. The van der Waals surface area contributed by atoms with E-state index in [2.05, 4.69) is 20.6 Å². The molecule has 7 rings (SSSR count). The number of hydrogen-bond donors (Lipinski definition) is 2. The van der Waals surface area contributed by atoms with Crippen molar-refractivity contribution in [2.75, 3.05) is 12.4 Å². The molecule has 2 N–H and O–H groups in total. The molecule has 0 fully saturated rings. The van der Waals surface area contributed by atoms with Crippen LogP contribution in [-0.2, 0) is 11.3 Å². The van der Waals surface area contributed by atoms with Crippen LogP contribution in [0.15, 0.2) is 127 Å². The molecule has 0 aliphatic heterocycles. The van der Waals surface area contributed by atoms with Gasteiger partial charge in [-0.25, -0.2) is 14.4 Å². The van der Waals surface area contributed by atoms with Gasteiger partial charge in [-0.2, -0.15) is 0 Å². The molecule has 3 amide bonds. The lowest BCUT2D eigenvalue weighted by atomic mass is 10.0. The third-order valence-electron chi connectivity index (χ3n) is 8.10. The van der Waals surface area contributed by atoms with Crippen molar-refractivity contribution in [1.29, 1.82) is 0 Å². The number of likely N-dealkylation sites (N-methyl/N-ethyl adjacent to an activating group) is 1. The van der Waals surface area contributed by atoms with Gasteiger partial charge >= 0.3 is 0 Å². The minimum absolute atomic E-state index is 0.243. The number of carbonyl (C=O) groups is 3. The van der Waals surface area contributed by atoms with E-state index in [1.807, 2.05) is 40.4 Å². The van der Waals surface area contributed by atoms with E-state index < -0.39 is 11.9 Å². The number of rotatable bonds is 9. The van der Waals surface area contributed by atoms with Crippen LogP contribution < -0.4 is 10.6 Å². The summed E-state index contributed by atoms with van der Waals surface area (Å²) in [5.41, 5.74) is 4.18. The number of nitrogens with zero attached hydrogens (tertiary/aromatic N) is 4. The number of thiazole rings is 1. The van der Waals surface area contributed by atoms with E-state index >= 15 is 0 Å². The van der Waals surface area contributed by atoms with Crippen molar-refractivity contribution in [3.05, 3.63) is 155 Å². The molecule has 0 bridgehead atoms. The van der Waals surface area contributed by atoms with Crippen molar-refractivity contribution in [1.82, 2.24) is 24.6 Å². The van der Waals surface area contributed by atoms with Crippen LogP contribution in [0.4, 0.5) is 10.2 Å². The maximum absolute atomic E-state index is 13.6. The topological polar surface area (TPSA) is 109 Å². The predicted molar refractivity (Wildman–Crippen MR) is 188 cm³/mol. The zero-order valence-electron chi connectivity index (χ0n) is 26.2. The van der Waals surface area contributed by atoms with Gasteiger partial charge in [0.2, 0.25) is 5.91 Å². The second-order valence-electron chi connectivity index (χ2n) is 11.5. The van der Waals surface area contributed by atoms with Crippen LogP contribution in [0.25, 0.3) is 27.1 Å². The number of aromatic nitrogens is 3. The van der Waals surface area contributed by atoms with Crippen LogP contribution in [0, 0.1) is 5.82 Å². The Morgan fingerprint density at radius 1 is 0.878 bits per heavy atom. The zero-order valence-corrected chi connectivity index (χ0v) is 27.0. The number of imidazole rings is 1. The SMILES string of the molecule is CN(Cc1ccc(F)cc1)C(=O)[C@@H](NC(=O)c1ccc2nc(NC(=O)c3ccccc3-c3cn4ccsc4n3)ccc2c1)c1ccccc1. The van der Waals surface area contributed by atoms with Gasteiger partial charge in [-0.15, -0.1) is 11.3 Å². The normalized spacial score (nSPS) is 11.7. The summed E-state index contributed by atoms with van der Waals surface area (Å²) >= 11 is 1.52. The van der Waals surface area contributed by atoms with E-state index in [4.69, 9.17) is 0 Å². The van der Waals surface area contributed by atoms with E-state index in [1.54, 1.807) is 85.9 Å². The van der Waals surface area contributed by atoms with Gasteiger partial charge in [-0.1, -0.05) is 60.7 Å². The van der Waals surface area contributed by atoms with Crippen LogP contribution in [0.2, 0.25) is 0 Å². The van der Waals surface area contributed by atoms with Gasteiger partial charge in [0.1, 0.15) is 17.7 Å². The standard InChI is InChI=1S/C38H29FN6O3S/c1-44(22-24-11-15-28(39)16-12-24)37(48)34(25-7-3-2-4-8-25)43-35(46)27-13-17-31-26(21-27)14-18-33(40-31)42-36(47)30-10-6-5-9-29(30)32-23-45-19-20-49-38(45)41-32/h2-21,23,34H,22H2,1H3,(H,43,46)(H,40,42,47)/t34-/m0/s1. The molecule has 0 aliphatic carbocycles. The van der Waals surface area contributed by atoms with Crippen molar-refractivity contribution in [2.45, 2.75) is 12.6 Å². The summed E-state index contributed by atoms with van der Waals surface area (Å²) in [5, 5.41) is 8.42. The van der Waals surface area contributed by atoms with Gasteiger partial charge in [0.05, 0.1) is 11.2 Å². The Hall–Kier alpha value is -6.20. The molecular weight excluding hydrogens is 640 g/mol. The summed E-state index contributed by atoms with van der Waals surface area (Å²) in [6, 6.07) is 29.8. The maximum atomic E-state index is 13.6. The highest BCUT2D eigenvalue weighted by Gasteiger charge is 2.26. The Labute approximate surface area is 284 Å². The first kappa shape index (κ1) is 31.4. The molecule has 3 heterocycles. The lowest BCUT2D eigenvalue weighted by Gasteiger charge is -2.25. The lowest BCUT2D eigenvalue weighted by Crippen LogP contribution is -2.41. The molecule has 242 valence electrons. The number of halogens is 1. The van der Waals surface area contributed by atoms with Gasteiger partial charge in [0.25, 0.3) is 11.8 Å². The number of carbonyl (C=O) groups excluding carboxylic acids is 3. The van der Waals surface area contributed by atoms with Crippen molar-refractivity contribution in [2.24, 2.45) is 0 Å². The first-order valence-electron chi connectivity index (χ1n) is 15.4. The smallest absolute Gasteiger partial charge is 0.257 e. The number of hydrogen-bond acceptors (Lipinski definition) is 6. The van der Waals surface area contributed by atoms with Crippen LogP contribution in [0.1, 0.15) is 37.9 Å². The predicted octanol–water partition coefficient (Wildman–Crippen LogP) is 7.13. The van der Waals surface area contributed by atoms with E-state index in [-0.39, 0.29) is 24.2 Å². The number of anilines is 1. The Morgan fingerprint density at radius 2 is 1.65 bits per heavy atom. The fraction of sp³-hybridized carbons (Fsp3) is 0.0789. The van der Waals surface area contributed by atoms with Crippen molar-refractivity contribution < 1.29 is 18.8 Å². The lowest BCUT2D eigenvalue weighted by molar-refractivity contribution is -0.132. The molecule has 11 heteroatoms. The molecule has 4 aromatic carbocycles. The maximum Gasteiger partial charge on any atom is 0.257 e. The number of fused-ring (bicyclic) bond motifs is 2. The second-order valence-corrected chi connectivity index (χ2v) is 12.3. The highest BCUT2D eigenvalue weighted by atomic mass is 32.1. The van der Waals surface area contributed by atoms with Gasteiger partial charge < -0.3 is 15.5 Å². The molecule has 9 nitrogen and oxygen atoms in total. The average molecular weight is 669 g/mol. The fourth-order valence-electron chi connectivity index (χ4n) is 5.59. The average Bonchev–Trinajstić information content (AvgIpc) is 3.74. The summed E-state index contributed by atoms with van der Waals surface area (Å²) in [6.07, 6.45) is 3.81. The molecule has 0 spiro atoms. The quantitative estimate of drug-likeness (QED) is 0.170.